The Hall–Kier alpha value is -0.770. The second-order valence-electron chi connectivity index (χ2n) is 4.17. The standard InChI is InChI=1S/C10H9ClN4S2/c11-8-13-3-7(17-8)4-15(6-12)9-14-10(1-2-10)5-16-9/h3H,1-2,4-5H2. The first kappa shape index (κ1) is 11.3. The molecule has 0 amide bonds. The summed E-state index contributed by atoms with van der Waals surface area (Å²) in [6.07, 6.45) is 6.22. The molecular formula is C10H9ClN4S2. The van der Waals surface area contributed by atoms with Crippen molar-refractivity contribution in [3.05, 3.63) is 15.5 Å². The fraction of sp³-hybridized carbons (Fsp3) is 0.500. The Bertz CT molecular complexity index is 515. The van der Waals surface area contributed by atoms with Crippen LogP contribution >= 0.6 is 34.7 Å². The minimum absolute atomic E-state index is 0.167. The van der Waals surface area contributed by atoms with E-state index in [2.05, 4.69) is 16.2 Å². The molecular weight excluding hydrogens is 276 g/mol. The van der Waals surface area contributed by atoms with E-state index in [4.69, 9.17) is 11.6 Å². The zero-order chi connectivity index (χ0) is 11.9. The Balaban J connectivity index is 1.74. The van der Waals surface area contributed by atoms with Crippen molar-refractivity contribution in [2.45, 2.75) is 24.9 Å². The SMILES string of the molecule is N#CN(Cc1cnc(Cl)s1)C1=NC2(CC2)CS1. The van der Waals surface area contributed by atoms with Crippen molar-refractivity contribution in [3.63, 3.8) is 0 Å². The largest absolute Gasteiger partial charge is 0.254 e. The van der Waals surface area contributed by atoms with Crippen LogP contribution in [0.15, 0.2) is 11.2 Å². The minimum atomic E-state index is 0.167. The van der Waals surface area contributed by atoms with Gasteiger partial charge in [-0.25, -0.2) is 4.98 Å². The number of nitrogens with zero attached hydrogens (tertiary/aromatic N) is 4. The number of nitriles is 1. The van der Waals surface area contributed by atoms with E-state index in [1.165, 1.54) is 11.3 Å². The van der Waals surface area contributed by atoms with E-state index in [0.717, 1.165) is 28.6 Å². The van der Waals surface area contributed by atoms with Crippen LogP contribution in [0.3, 0.4) is 0 Å². The summed E-state index contributed by atoms with van der Waals surface area (Å²) < 4.78 is 0.512. The molecule has 0 atom stereocenters. The van der Waals surface area contributed by atoms with E-state index in [9.17, 15) is 5.26 Å². The molecule has 0 bridgehead atoms. The number of halogens is 1. The summed E-state index contributed by atoms with van der Waals surface area (Å²) in [7, 11) is 0. The number of rotatable bonds is 2. The third kappa shape index (κ3) is 2.28. The van der Waals surface area contributed by atoms with Gasteiger partial charge in [0.15, 0.2) is 15.8 Å². The zero-order valence-corrected chi connectivity index (χ0v) is 11.3. The predicted molar refractivity (Wildman–Crippen MR) is 70.1 cm³/mol. The molecule has 2 heterocycles. The van der Waals surface area contributed by atoms with Crippen molar-refractivity contribution in [3.8, 4) is 6.19 Å². The fourth-order valence-electron chi connectivity index (χ4n) is 1.66. The van der Waals surface area contributed by atoms with Gasteiger partial charge in [-0.3, -0.25) is 9.89 Å². The average molecular weight is 285 g/mol. The van der Waals surface area contributed by atoms with Gasteiger partial charge >= 0.3 is 0 Å². The van der Waals surface area contributed by atoms with Crippen molar-refractivity contribution in [1.29, 1.82) is 5.26 Å². The Labute approximate surface area is 112 Å². The van der Waals surface area contributed by atoms with Crippen LogP contribution in [-0.2, 0) is 6.54 Å². The molecule has 0 radical (unpaired) electrons. The van der Waals surface area contributed by atoms with Gasteiger partial charge in [0.05, 0.1) is 12.1 Å². The van der Waals surface area contributed by atoms with E-state index in [-0.39, 0.29) is 5.54 Å². The summed E-state index contributed by atoms with van der Waals surface area (Å²) in [5.41, 5.74) is 0.167. The van der Waals surface area contributed by atoms with Crippen LogP contribution in [0.25, 0.3) is 0 Å². The van der Waals surface area contributed by atoms with E-state index in [1.807, 2.05) is 0 Å². The highest BCUT2D eigenvalue weighted by atomic mass is 35.5. The Morgan fingerprint density at radius 3 is 2.94 bits per heavy atom. The Morgan fingerprint density at radius 1 is 1.59 bits per heavy atom. The molecule has 1 aliphatic carbocycles. The van der Waals surface area contributed by atoms with Gasteiger partial charge in [0.2, 0.25) is 0 Å². The average Bonchev–Trinajstić information content (AvgIpc) is 2.74. The molecule has 0 N–H and O–H groups in total. The zero-order valence-electron chi connectivity index (χ0n) is 8.89. The summed E-state index contributed by atoms with van der Waals surface area (Å²) in [5.74, 6) is 1.02. The van der Waals surface area contributed by atoms with Crippen LogP contribution in [-0.4, -0.2) is 26.3 Å². The molecule has 1 spiro atoms. The molecule has 7 heteroatoms. The Morgan fingerprint density at radius 2 is 2.41 bits per heavy atom. The number of thioether (sulfide) groups is 1. The maximum Gasteiger partial charge on any atom is 0.186 e. The normalized spacial score (nSPS) is 20.1. The van der Waals surface area contributed by atoms with Crippen LogP contribution in [0.4, 0.5) is 0 Å². The van der Waals surface area contributed by atoms with Gasteiger partial charge in [0, 0.05) is 16.8 Å². The molecule has 17 heavy (non-hydrogen) atoms. The molecule has 1 fully saturated rings. The lowest BCUT2D eigenvalue weighted by atomic mass is 10.3. The van der Waals surface area contributed by atoms with Crippen LogP contribution in [0.2, 0.25) is 4.47 Å². The van der Waals surface area contributed by atoms with Gasteiger partial charge in [-0.05, 0) is 12.8 Å². The number of aliphatic imine (C=N–C) groups is 1. The maximum absolute atomic E-state index is 9.18. The number of hydrogen-bond donors (Lipinski definition) is 0. The lowest BCUT2D eigenvalue weighted by molar-refractivity contribution is 0.582. The number of amidine groups is 1. The number of aromatic nitrogens is 1. The third-order valence-electron chi connectivity index (χ3n) is 2.82. The highest BCUT2D eigenvalue weighted by molar-refractivity contribution is 8.14. The van der Waals surface area contributed by atoms with Gasteiger partial charge in [-0.1, -0.05) is 23.4 Å². The smallest absolute Gasteiger partial charge is 0.186 e. The summed E-state index contributed by atoms with van der Waals surface area (Å²) in [6.45, 7) is 0.517. The summed E-state index contributed by atoms with van der Waals surface area (Å²) >= 11 is 8.85. The van der Waals surface area contributed by atoms with Gasteiger partial charge in [0.25, 0.3) is 0 Å². The van der Waals surface area contributed by atoms with Crippen LogP contribution in [0, 0.1) is 11.5 Å². The highest BCUT2D eigenvalue weighted by Gasteiger charge is 2.47. The van der Waals surface area contributed by atoms with Crippen LogP contribution in [0.5, 0.6) is 0 Å². The molecule has 1 saturated carbocycles. The monoisotopic (exact) mass is 284 g/mol. The van der Waals surface area contributed by atoms with Gasteiger partial charge < -0.3 is 0 Å². The summed E-state index contributed by atoms with van der Waals surface area (Å²) in [4.78, 5) is 11.2. The topological polar surface area (TPSA) is 52.3 Å². The summed E-state index contributed by atoms with van der Waals surface area (Å²) in [5, 5.41) is 10.0. The van der Waals surface area contributed by atoms with Crippen molar-refractivity contribution < 1.29 is 0 Å². The summed E-state index contributed by atoms with van der Waals surface area (Å²) in [6, 6.07) is 0. The predicted octanol–water partition coefficient (Wildman–Crippen LogP) is 2.71. The van der Waals surface area contributed by atoms with Crippen molar-refractivity contribution in [2.24, 2.45) is 4.99 Å². The first-order valence-electron chi connectivity index (χ1n) is 5.21. The molecule has 0 aromatic carbocycles. The van der Waals surface area contributed by atoms with E-state index >= 15 is 0 Å². The van der Waals surface area contributed by atoms with Crippen molar-refractivity contribution >= 4 is 39.9 Å². The van der Waals surface area contributed by atoms with Crippen molar-refractivity contribution in [1.82, 2.24) is 9.88 Å². The number of hydrogen-bond acceptors (Lipinski definition) is 6. The first-order chi connectivity index (χ1) is 8.21. The minimum Gasteiger partial charge on any atom is -0.254 e. The quantitative estimate of drug-likeness (QED) is 0.619. The van der Waals surface area contributed by atoms with Crippen molar-refractivity contribution in [2.75, 3.05) is 5.75 Å². The van der Waals surface area contributed by atoms with E-state index < -0.39 is 0 Å². The van der Waals surface area contributed by atoms with Crippen LogP contribution in [0.1, 0.15) is 17.7 Å². The van der Waals surface area contributed by atoms with Gasteiger partial charge in [-0.2, -0.15) is 5.26 Å². The van der Waals surface area contributed by atoms with E-state index in [0.29, 0.717) is 11.0 Å². The van der Waals surface area contributed by atoms with Gasteiger partial charge in [0.1, 0.15) is 0 Å². The number of thiazole rings is 1. The first-order valence-corrected chi connectivity index (χ1v) is 7.39. The fourth-order valence-corrected chi connectivity index (χ4v) is 3.90. The highest BCUT2D eigenvalue weighted by Crippen LogP contribution is 2.47. The second-order valence-corrected chi connectivity index (χ2v) is 6.81. The molecule has 0 unspecified atom stereocenters. The van der Waals surface area contributed by atoms with Gasteiger partial charge in [-0.15, -0.1) is 11.3 Å². The molecule has 3 rings (SSSR count). The van der Waals surface area contributed by atoms with E-state index in [1.54, 1.807) is 22.9 Å². The molecule has 1 aromatic rings. The van der Waals surface area contributed by atoms with Crippen LogP contribution < -0.4 is 0 Å². The molecule has 1 aromatic heterocycles. The molecule has 88 valence electrons. The second kappa shape index (κ2) is 4.16. The Kier molecular flexibility index (Phi) is 2.77. The third-order valence-corrected chi connectivity index (χ3v) is 5.17. The lowest BCUT2D eigenvalue weighted by Crippen LogP contribution is -2.21. The lowest BCUT2D eigenvalue weighted by Gasteiger charge is -2.12. The maximum atomic E-state index is 9.18. The molecule has 1 aliphatic heterocycles. The molecule has 4 nitrogen and oxygen atoms in total. The molecule has 2 aliphatic rings. The molecule has 0 saturated heterocycles.